The number of hydrogen-bond acceptors (Lipinski definition) is 4. The second-order valence-corrected chi connectivity index (χ2v) is 7.05. The van der Waals surface area contributed by atoms with Gasteiger partial charge in [0.1, 0.15) is 11.4 Å². The zero-order valence-electron chi connectivity index (χ0n) is 15.8. The molecule has 1 fully saturated rings. The van der Waals surface area contributed by atoms with Crippen molar-refractivity contribution in [1.82, 2.24) is 15.1 Å². The van der Waals surface area contributed by atoms with Crippen molar-refractivity contribution in [2.24, 2.45) is 11.7 Å². The van der Waals surface area contributed by atoms with Crippen molar-refractivity contribution < 1.29 is 9.53 Å². The Hall–Kier alpha value is -3.12. The number of methoxy groups -OCH3 is 1. The van der Waals surface area contributed by atoms with Crippen LogP contribution in [0.1, 0.15) is 23.2 Å². The molecular weight excluding hydrogens is 352 g/mol. The normalized spacial score (nSPS) is 14.5. The van der Waals surface area contributed by atoms with Crippen molar-refractivity contribution in [3.8, 4) is 22.7 Å². The van der Waals surface area contributed by atoms with Gasteiger partial charge in [0, 0.05) is 24.3 Å². The third-order valence-corrected chi connectivity index (χ3v) is 5.10. The summed E-state index contributed by atoms with van der Waals surface area (Å²) in [5.74, 6) is 1.10. The molecule has 3 N–H and O–H groups in total. The second kappa shape index (κ2) is 7.86. The average Bonchev–Trinajstić information content (AvgIpc) is 3.50. The maximum atomic E-state index is 13.1. The molecule has 0 spiro atoms. The summed E-state index contributed by atoms with van der Waals surface area (Å²) in [6.45, 7) is 0.446. The molecule has 144 valence electrons. The molecule has 4 rings (SSSR count). The first kappa shape index (κ1) is 18.3. The van der Waals surface area contributed by atoms with Gasteiger partial charge in [0.05, 0.1) is 18.4 Å². The molecule has 1 aromatic heterocycles. The fraction of sp³-hybridized carbons (Fsp3) is 0.273. The molecule has 1 aliphatic rings. The molecule has 1 aliphatic carbocycles. The first-order valence-electron chi connectivity index (χ1n) is 9.50. The Morgan fingerprint density at radius 1 is 1.21 bits per heavy atom. The third kappa shape index (κ3) is 3.77. The number of para-hydroxylation sites is 1. The molecule has 2 aromatic carbocycles. The standard InChI is InChI=1S/C22H24N4O2/c1-28-18-11-9-16(10-12-18)21-19(22(27)24-20(13-23)15-7-8-15)14-26(25-21)17-5-3-2-4-6-17/h2-6,9-12,14-15,20H,7-8,13,23H2,1H3,(H,24,27). The molecule has 1 saturated carbocycles. The summed E-state index contributed by atoms with van der Waals surface area (Å²) in [6, 6.07) is 17.3. The maximum absolute atomic E-state index is 13.1. The Bertz CT molecular complexity index is 946. The monoisotopic (exact) mass is 376 g/mol. The summed E-state index contributed by atoms with van der Waals surface area (Å²) in [5.41, 5.74) is 8.79. The van der Waals surface area contributed by atoms with Crippen LogP contribution in [0.5, 0.6) is 5.75 Å². The minimum atomic E-state index is -0.143. The van der Waals surface area contributed by atoms with E-state index in [0.717, 1.165) is 29.8 Å². The number of nitrogens with one attached hydrogen (secondary N) is 1. The highest BCUT2D eigenvalue weighted by Gasteiger charge is 2.32. The van der Waals surface area contributed by atoms with Crippen molar-refractivity contribution in [1.29, 1.82) is 0 Å². The summed E-state index contributed by atoms with van der Waals surface area (Å²) in [4.78, 5) is 13.1. The maximum Gasteiger partial charge on any atom is 0.255 e. The summed E-state index contributed by atoms with van der Waals surface area (Å²) in [7, 11) is 1.63. The van der Waals surface area contributed by atoms with Gasteiger partial charge in [0.2, 0.25) is 0 Å². The molecule has 0 saturated heterocycles. The highest BCUT2D eigenvalue weighted by atomic mass is 16.5. The smallest absolute Gasteiger partial charge is 0.255 e. The van der Waals surface area contributed by atoms with Crippen molar-refractivity contribution in [2.75, 3.05) is 13.7 Å². The van der Waals surface area contributed by atoms with E-state index in [9.17, 15) is 4.79 Å². The van der Waals surface area contributed by atoms with E-state index in [-0.39, 0.29) is 11.9 Å². The lowest BCUT2D eigenvalue weighted by Crippen LogP contribution is -2.41. The van der Waals surface area contributed by atoms with Crippen molar-refractivity contribution in [3.05, 3.63) is 66.4 Å². The van der Waals surface area contributed by atoms with Gasteiger partial charge in [-0.1, -0.05) is 18.2 Å². The Morgan fingerprint density at radius 2 is 1.93 bits per heavy atom. The van der Waals surface area contributed by atoms with Gasteiger partial charge < -0.3 is 15.8 Å². The van der Waals surface area contributed by atoms with Crippen LogP contribution in [0, 0.1) is 5.92 Å². The molecule has 28 heavy (non-hydrogen) atoms. The van der Waals surface area contributed by atoms with E-state index in [1.54, 1.807) is 18.0 Å². The van der Waals surface area contributed by atoms with Crippen LogP contribution in [0.4, 0.5) is 0 Å². The van der Waals surface area contributed by atoms with Crippen LogP contribution in [0.25, 0.3) is 16.9 Å². The molecule has 3 aromatic rings. The van der Waals surface area contributed by atoms with Crippen LogP contribution in [0.3, 0.4) is 0 Å². The van der Waals surface area contributed by atoms with Gasteiger partial charge in [0.25, 0.3) is 5.91 Å². The van der Waals surface area contributed by atoms with Gasteiger partial charge >= 0.3 is 0 Å². The lowest BCUT2D eigenvalue weighted by Gasteiger charge is -2.15. The largest absolute Gasteiger partial charge is 0.497 e. The number of ether oxygens (including phenoxy) is 1. The van der Waals surface area contributed by atoms with Gasteiger partial charge in [-0.05, 0) is 55.2 Å². The number of nitrogens with two attached hydrogens (primary N) is 1. The van der Waals surface area contributed by atoms with Crippen LogP contribution in [0.2, 0.25) is 0 Å². The fourth-order valence-electron chi connectivity index (χ4n) is 3.33. The van der Waals surface area contributed by atoms with Crippen molar-refractivity contribution in [3.63, 3.8) is 0 Å². The Kier molecular flexibility index (Phi) is 5.12. The molecule has 0 radical (unpaired) electrons. The number of benzene rings is 2. The average molecular weight is 376 g/mol. The van der Waals surface area contributed by atoms with Crippen LogP contribution < -0.4 is 15.8 Å². The SMILES string of the molecule is COc1ccc(-c2nn(-c3ccccc3)cc2C(=O)NC(CN)C2CC2)cc1. The van der Waals surface area contributed by atoms with Gasteiger partial charge in [-0.25, -0.2) is 4.68 Å². The van der Waals surface area contributed by atoms with Gasteiger partial charge in [0.15, 0.2) is 0 Å². The molecule has 6 heteroatoms. The lowest BCUT2D eigenvalue weighted by atomic mass is 10.1. The molecule has 1 amide bonds. The predicted molar refractivity (Wildman–Crippen MR) is 109 cm³/mol. The molecule has 6 nitrogen and oxygen atoms in total. The van der Waals surface area contributed by atoms with Gasteiger partial charge in [-0.3, -0.25) is 4.79 Å². The van der Waals surface area contributed by atoms with Crippen molar-refractivity contribution >= 4 is 5.91 Å². The number of amides is 1. The lowest BCUT2D eigenvalue weighted by molar-refractivity contribution is 0.0934. The Morgan fingerprint density at radius 3 is 2.54 bits per heavy atom. The number of rotatable bonds is 7. The summed E-state index contributed by atoms with van der Waals surface area (Å²) >= 11 is 0. The topological polar surface area (TPSA) is 82.2 Å². The van der Waals surface area contributed by atoms with Crippen LogP contribution in [0.15, 0.2) is 60.8 Å². The first-order valence-corrected chi connectivity index (χ1v) is 9.50. The summed E-state index contributed by atoms with van der Waals surface area (Å²) < 4.78 is 6.98. The third-order valence-electron chi connectivity index (χ3n) is 5.10. The highest BCUT2D eigenvalue weighted by molar-refractivity contribution is 6.00. The first-order chi connectivity index (χ1) is 13.7. The molecular formula is C22H24N4O2. The summed E-state index contributed by atoms with van der Waals surface area (Å²) in [6.07, 6.45) is 4.03. The number of carbonyl (C=O) groups excluding carboxylic acids is 1. The van der Waals surface area contributed by atoms with Crippen LogP contribution in [-0.4, -0.2) is 35.4 Å². The van der Waals surface area contributed by atoms with Gasteiger partial charge in [-0.15, -0.1) is 0 Å². The van der Waals surface area contributed by atoms with E-state index in [1.807, 2.05) is 54.6 Å². The zero-order valence-corrected chi connectivity index (χ0v) is 15.8. The molecule has 1 heterocycles. The number of aromatic nitrogens is 2. The minimum Gasteiger partial charge on any atom is -0.497 e. The molecule has 0 bridgehead atoms. The van der Waals surface area contributed by atoms with Crippen LogP contribution in [-0.2, 0) is 0 Å². The predicted octanol–water partition coefficient (Wildman–Crippen LogP) is 3.02. The Balaban J connectivity index is 1.71. The zero-order chi connectivity index (χ0) is 19.5. The Labute approximate surface area is 164 Å². The van der Waals surface area contributed by atoms with E-state index in [2.05, 4.69) is 5.32 Å². The van der Waals surface area contributed by atoms with Crippen LogP contribution >= 0.6 is 0 Å². The van der Waals surface area contributed by atoms with Gasteiger partial charge in [-0.2, -0.15) is 5.10 Å². The van der Waals surface area contributed by atoms with E-state index in [1.165, 1.54) is 0 Å². The van der Waals surface area contributed by atoms with E-state index < -0.39 is 0 Å². The van der Waals surface area contributed by atoms with Crippen molar-refractivity contribution in [2.45, 2.75) is 18.9 Å². The number of nitrogens with zero attached hydrogens (tertiary/aromatic N) is 2. The molecule has 1 unspecified atom stereocenters. The fourth-order valence-corrected chi connectivity index (χ4v) is 3.33. The number of hydrogen-bond donors (Lipinski definition) is 2. The van der Waals surface area contributed by atoms with E-state index in [4.69, 9.17) is 15.6 Å². The second-order valence-electron chi connectivity index (χ2n) is 7.05. The minimum absolute atomic E-state index is 0.0105. The molecule has 1 atom stereocenters. The quantitative estimate of drug-likeness (QED) is 0.664. The summed E-state index contributed by atoms with van der Waals surface area (Å²) in [5, 5.41) is 7.81. The van der Waals surface area contributed by atoms with E-state index >= 15 is 0 Å². The van der Waals surface area contributed by atoms with E-state index in [0.29, 0.717) is 23.7 Å². The highest BCUT2D eigenvalue weighted by Crippen LogP contribution is 2.33. The molecule has 0 aliphatic heterocycles. The number of carbonyl (C=O) groups is 1.